The zero-order chi connectivity index (χ0) is 12.4. The van der Waals surface area contributed by atoms with Crippen LogP contribution >= 0.6 is 0 Å². The van der Waals surface area contributed by atoms with Crippen LogP contribution in [0.4, 0.5) is 5.69 Å². The van der Waals surface area contributed by atoms with E-state index < -0.39 is 0 Å². The second kappa shape index (κ2) is 4.78. The summed E-state index contributed by atoms with van der Waals surface area (Å²) in [5.74, 6) is 1.27. The molecular formula is C13H16N4O. The molecule has 18 heavy (non-hydrogen) atoms. The number of nitrogens with two attached hydrogens (primary N) is 1. The zero-order valence-electron chi connectivity index (χ0n) is 10.1. The maximum atomic E-state index is 5.75. The van der Waals surface area contributed by atoms with Gasteiger partial charge in [0.15, 0.2) is 0 Å². The molecule has 1 aromatic heterocycles. The summed E-state index contributed by atoms with van der Waals surface area (Å²) < 4.78 is 5.33. The number of benzene rings is 1. The van der Waals surface area contributed by atoms with Crippen LogP contribution in [0.5, 0.6) is 0 Å². The largest absolute Gasteiger partial charge is 0.399 e. The van der Waals surface area contributed by atoms with E-state index in [1.165, 1.54) is 12.8 Å². The fourth-order valence-electron chi connectivity index (χ4n) is 2.23. The molecule has 94 valence electrons. The number of nitrogens with zero attached hydrogens (tertiary/aromatic N) is 2. The first-order valence-electron chi connectivity index (χ1n) is 6.26. The summed E-state index contributed by atoms with van der Waals surface area (Å²) in [6, 6.07) is 7.70. The molecule has 0 amide bonds. The third-order valence-electron chi connectivity index (χ3n) is 3.19. The highest BCUT2D eigenvalue weighted by molar-refractivity contribution is 5.60. The van der Waals surface area contributed by atoms with E-state index in [-0.39, 0.29) is 6.04 Å². The lowest BCUT2D eigenvalue weighted by Gasteiger charge is -2.19. The maximum Gasteiger partial charge on any atom is 0.244 e. The van der Waals surface area contributed by atoms with Gasteiger partial charge in [-0.25, -0.2) is 0 Å². The van der Waals surface area contributed by atoms with Crippen molar-refractivity contribution in [3.8, 4) is 11.4 Å². The highest BCUT2D eigenvalue weighted by atomic mass is 16.5. The van der Waals surface area contributed by atoms with Crippen LogP contribution in [0.25, 0.3) is 11.4 Å². The lowest BCUT2D eigenvalue weighted by molar-refractivity contribution is 0.297. The monoisotopic (exact) mass is 244 g/mol. The minimum Gasteiger partial charge on any atom is -0.399 e. The molecule has 0 aliphatic carbocycles. The summed E-state index contributed by atoms with van der Waals surface area (Å²) >= 11 is 0. The Morgan fingerprint density at radius 3 is 3.06 bits per heavy atom. The van der Waals surface area contributed by atoms with Crippen molar-refractivity contribution in [2.75, 3.05) is 12.3 Å². The average molecular weight is 244 g/mol. The normalized spacial score (nSPS) is 19.9. The van der Waals surface area contributed by atoms with Gasteiger partial charge in [0.25, 0.3) is 0 Å². The third-order valence-corrected chi connectivity index (χ3v) is 3.19. The second-order valence-electron chi connectivity index (χ2n) is 4.58. The molecule has 0 bridgehead atoms. The van der Waals surface area contributed by atoms with Gasteiger partial charge in [0.2, 0.25) is 11.7 Å². The predicted octanol–water partition coefficient (Wildman–Crippen LogP) is 2.13. The Kier molecular flexibility index (Phi) is 2.98. The van der Waals surface area contributed by atoms with Crippen molar-refractivity contribution in [1.82, 2.24) is 15.5 Å². The first-order valence-corrected chi connectivity index (χ1v) is 6.26. The van der Waals surface area contributed by atoms with E-state index in [2.05, 4.69) is 15.5 Å². The molecular weight excluding hydrogens is 228 g/mol. The number of nitrogens with one attached hydrogen (secondary N) is 1. The SMILES string of the molecule is Nc1cccc(-c2noc(C3CCCCN3)n2)c1. The predicted molar refractivity (Wildman–Crippen MR) is 68.7 cm³/mol. The quantitative estimate of drug-likeness (QED) is 0.791. The molecule has 0 radical (unpaired) electrons. The Balaban J connectivity index is 1.84. The van der Waals surface area contributed by atoms with Crippen molar-refractivity contribution in [2.24, 2.45) is 0 Å². The van der Waals surface area contributed by atoms with Crippen LogP contribution in [0.1, 0.15) is 31.2 Å². The number of hydrogen-bond donors (Lipinski definition) is 2. The number of hydrogen-bond acceptors (Lipinski definition) is 5. The van der Waals surface area contributed by atoms with E-state index in [1.807, 2.05) is 24.3 Å². The molecule has 0 spiro atoms. The van der Waals surface area contributed by atoms with Crippen LogP contribution in [0.2, 0.25) is 0 Å². The van der Waals surface area contributed by atoms with E-state index in [9.17, 15) is 0 Å². The lowest BCUT2D eigenvalue weighted by Crippen LogP contribution is -2.26. The number of nitrogen functional groups attached to an aromatic ring is 1. The number of anilines is 1. The van der Waals surface area contributed by atoms with E-state index in [1.54, 1.807) is 0 Å². The van der Waals surface area contributed by atoms with Crippen molar-refractivity contribution in [3.63, 3.8) is 0 Å². The Labute approximate surface area is 105 Å². The lowest BCUT2D eigenvalue weighted by atomic mass is 10.1. The molecule has 3 N–H and O–H groups in total. The highest BCUT2D eigenvalue weighted by Gasteiger charge is 2.21. The molecule has 3 rings (SSSR count). The third kappa shape index (κ3) is 2.22. The maximum absolute atomic E-state index is 5.75. The van der Waals surface area contributed by atoms with Crippen LogP contribution in [0.3, 0.4) is 0 Å². The second-order valence-corrected chi connectivity index (χ2v) is 4.58. The number of piperidine rings is 1. The van der Waals surface area contributed by atoms with Gasteiger partial charge in [0.05, 0.1) is 6.04 Å². The fourth-order valence-corrected chi connectivity index (χ4v) is 2.23. The van der Waals surface area contributed by atoms with Gasteiger partial charge >= 0.3 is 0 Å². The number of aromatic nitrogens is 2. The first kappa shape index (κ1) is 11.2. The van der Waals surface area contributed by atoms with Gasteiger partial charge in [-0.3, -0.25) is 0 Å². The van der Waals surface area contributed by atoms with E-state index in [0.717, 1.165) is 18.5 Å². The van der Waals surface area contributed by atoms with Crippen LogP contribution in [-0.4, -0.2) is 16.7 Å². The van der Waals surface area contributed by atoms with E-state index in [4.69, 9.17) is 10.3 Å². The Bertz CT molecular complexity index is 531. The topological polar surface area (TPSA) is 77.0 Å². The van der Waals surface area contributed by atoms with Crippen molar-refractivity contribution in [1.29, 1.82) is 0 Å². The van der Waals surface area contributed by atoms with E-state index >= 15 is 0 Å². The van der Waals surface area contributed by atoms with Crippen LogP contribution in [0, 0.1) is 0 Å². The standard InChI is InChI=1S/C13H16N4O/c14-10-5-3-4-9(8-10)12-16-13(18-17-12)11-6-1-2-7-15-11/h3-5,8,11,15H,1-2,6-7,14H2. The molecule has 1 aliphatic rings. The van der Waals surface area contributed by atoms with Gasteiger partial charge < -0.3 is 15.6 Å². The van der Waals surface area contributed by atoms with Gasteiger partial charge in [-0.05, 0) is 31.5 Å². The van der Waals surface area contributed by atoms with Gasteiger partial charge in [-0.2, -0.15) is 4.98 Å². The van der Waals surface area contributed by atoms with Gasteiger partial charge in [-0.15, -0.1) is 0 Å². The Morgan fingerprint density at radius 1 is 1.33 bits per heavy atom. The minimum atomic E-state index is 0.195. The van der Waals surface area contributed by atoms with Crippen molar-refractivity contribution >= 4 is 5.69 Å². The van der Waals surface area contributed by atoms with Crippen molar-refractivity contribution in [3.05, 3.63) is 30.2 Å². The Hall–Kier alpha value is -1.88. The molecule has 1 unspecified atom stereocenters. The fraction of sp³-hybridized carbons (Fsp3) is 0.385. The smallest absolute Gasteiger partial charge is 0.244 e. The first-order chi connectivity index (χ1) is 8.83. The molecule has 1 aliphatic heterocycles. The highest BCUT2D eigenvalue weighted by Crippen LogP contribution is 2.24. The van der Waals surface area contributed by atoms with Crippen LogP contribution in [0.15, 0.2) is 28.8 Å². The van der Waals surface area contributed by atoms with Crippen molar-refractivity contribution in [2.45, 2.75) is 25.3 Å². The Morgan fingerprint density at radius 2 is 2.28 bits per heavy atom. The summed E-state index contributed by atoms with van der Waals surface area (Å²) in [6.07, 6.45) is 3.47. The molecule has 1 aromatic carbocycles. The molecule has 0 saturated carbocycles. The summed E-state index contributed by atoms with van der Waals surface area (Å²) in [5.41, 5.74) is 7.34. The molecule has 1 fully saturated rings. The summed E-state index contributed by atoms with van der Waals surface area (Å²) in [5, 5.41) is 7.41. The van der Waals surface area contributed by atoms with Gasteiger partial charge in [0, 0.05) is 11.3 Å². The molecule has 1 atom stereocenters. The summed E-state index contributed by atoms with van der Waals surface area (Å²) in [6.45, 7) is 1.01. The molecule has 2 heterocycles. The molecule has 5 nitrogen and oxygen atoms in total. The molecule has 2 aromatic rings. The molecule has 5 heteroatoms. The van der Waals surface area contributed by atoms with Crippen molar-refractivity contribution < 1.29 is 4.52 Å². The number of rotatable bonds is 2. The van der Waals surface area contributed by atoms with Gasteiger partial charge in [-0.1, -0.05) is 23.7 Å². The summed E-state index contributed by atoms with van der Waals surface area (Å²) in [7, 11) is 0. The van der Waals surface area contributed by atoms with E-state index in [0.29, 0.717) is 17.4 Å². The molecule has 1 saturated heterocycles. The van der Waals surface area contributed by atoms with Crippen LogP contribution < -0.4 is 11.1 Å². The minimum absolute atomic E-state index is 0.195. The summed E-state index contributed by atoms with van der Waals surface area (Å²) in [4.78, 5) is 4.45. The van der Waals surface area contributed by atoms with Crippen LogP contribution in [-0.2, 0) is 0 Å². The van der Waals surface area contributed by atoms with Gasteiger partial charge in [0.1, 0.15) is 0 Å². The average Bonchev–Trinajstić information content (AvgIpc) is 2.89. The zero-order valence-corrected chi connectivity index (χ0v) is 10.1.